The van der Waals surface area contributed by atoms with Gasteiger partial charge in [-0.05, 0) is 29.5 Å². The van der Waals surface area contributed by atoms with Gasteiger partial charge in [-0.2, -0.15) is 0 Å². The van der Waals surface area contributed by atoms with E-state index in [0.717, 1.165) is 11.1 Å². The van der Waals surface area contributed by atoms with E-state index in [4.69, 9.17) is 4.74 Å². The van der Waals surface area contributed by atoms with E-state index in [1.54, 1.807) is 18.5 Å². The number of benzene rings is 1. The van der Waals surface area contributed by atoms with E-state index in [-0.39, 0.29) is 24.2 Å². The zero-order valence-electron chi connectivity index (χ0n) is 18.3. The zero-order chi connectivity index (χ0) is 22.6. The van der Waals surface area contributed by atoms with Gasteiger partial charge in [0, 0.05) is 31.3 Å². The van der Waals surface area contributed by atoms with Crippen molar-refractivity contribution in [2.75, 3.05) is 7.11 Å². The summed E-state index contributed by atoms with van der Waals surface area (Å²) in [7, 11) is 1.30. The maximum atomic E-state index is 13.0. The van der Waals surface area contributed by atoms with Crippen LogP contribution in [0.15, 0.2) is 54.9 Å². The normalized spacial score (nSPS) is 12.6. The average molecular weight is 426 g/mol. The van der Waals surface area contributed by atoms with Gasteiger partial charge in [-0.25, -0.2) is 0 Å². The molecular formula is C24H31N3O4. The van der Waals surface area contributed by atoms with E-state index in [0.29, 0.717) is 19.4 Å². The maximum absolute atomic E-state index is 13.0. The lowest BCUT2D eigenvalue weighted by Crippen LogP contribution is -2.49. The highest BCUT2D eigenvalue weighted by Crippen LogP contribution is 2.17. The fourth-order valence-electron chi connectivity index (χ4n) is 3.30. The molecule has 2 rings (SSSR count). The summed E-state index contributed by atoms with van der Waals surface area (Å²) >= 11 is 0. The van der Waals surface area contributed by atoms with Crippen molar-refractivity contribution in [1.29, 1.82) is 0 Å². The number of ether oxygens (including phenoxy) is 1. The lowest BCUT2D eigenvalue weighted by Gasteiger charge is -2.23. The van der Waals surface area contributed by atoms with E-state index in [9.17, 15) is 14.4 Å². The molecule has 0 aliphatic heterocycles. The fourth-order valence-corrected chi connectivity index (χ4v) is 3.30. The lowest BCUT2D eigenvalue weighted by atomic mass is 9.92. The van der Waals surface area contributed by atoms with Gasteiger partial charge < -0.3 is 15.4 Å². The smallest absolute Gasteiger partial charge is 0.306 e. The summed E-state index contributed by atoms with van der Waals surface area (Å²) in [5.74, 6) is -1.42. The minimum Gasteiger partial charge on any atom is -0.469 e. The third kappa shape index (κ3) is 8.58. The van der Waals surface area contributed by atoms with Gasteiger partial charge >= 0.3 is 5.97 Å². The highest BCUT2D eigenvalue weighted by atomic mass is 16.5. The van der Waals surface area contributed by atoms with E-state index in [1.807, 2.05) is 50.2 Å². The Balaban J connectivity index is 2.12. The number of aromatic nitrogens is 1. The molecular weight excluding hydrogens is 394 g/mol. The van der Waals surface area contributed by atoms with Crippen molar-refractivity contribution in [2.24, 2.45) is 11.8 Å². The van der Waals surface area contributed by atoms with Crippen molar-refractivity contribution in [3.8, 4) is 0 Å². The molecule has 0 aliphatic rings. The number of rotatable bonds is 11. The van der Waals surface area contributed by atoms with Crippen LogP contribution < -0.4 is 10.6 Å². The minimum absolute atomic E-state index is 0.0221. The molecule has 2 N–H and O–H groups in total. The second kappa shape index (κ2) is 12.5. The number of pyridine rings is 1. The van der Waals surface area contributed by atoms with Gasteiger partial charge in [0.1, 0.15) is 6.04 Å². The van der Waals surface area contributed by atoms with Crippen LogP contribution >= 0.6 is 0 Å². The van der Waals surface area contributed by atoms with Gasteiger partial charge in [-0.3, -0.25) is 19.4 Å². The van der Waals surface area contributed by atoms with E-state index in [1.165, 1.54) is 7.11 Å². The summed E-state index contributed by atoms with van der Waals surface area (Å²) in [6, 6.07) is 12.4. The number of carbonyl (C=O) groups is 3. The lowest BCUT2D eigenvalue weighted by molar-refractivity contribution is -0.144. The summed E-state index contributed by atoms with van der Waals surface area (Å²) < 4.78 is 4.74. The Bertz CT molecular complexity index is 840. The van der Waals surface area contributed by atoms with Crippen molar-refractivity contribution >= 4 is 17.8 Å². The van der Waals surface area contributed by atoms with Crippen molar-refractivity contribution in [3.63, 3.8) is 0 Å². The van der Waals surface area contributed by atoms with Gasteiger partial charge in [0.15, 0.2) is 0 Å². The Labute approximate surface area is 183 Å². The minimum atomic E-state index is -0.785. The summed E-state index contributed by atoms with van der Waals surface area (Å²) in [5.41, 5.74) is 1.79. The molecule has 0 bridgehead atoms. The summed E-state index contributed by atoms with van der Waals surface area (Å²) in [5, 5.41) is 5.74. The third-order valence-electron chi connectivity index (χ3n) is 4.87. The van der Waals surface area contributed by atoms with Gasteiger partial charge in [0.2, 0.25) is 11.8 Å². The van der Waals surface area contributed by atoms with Crippen molar-refractivity contribution in [1.82, 2.24) is 15.6 Å². The first-order valence-corrected chi connectivity index (χ1v) is 10.5. The van der Waals surface area contributed by atoms with Crippen LogP contribution in [0, 0.1) is 11.8 Å². The quantitative estimate of drug-likeness (QED) is 0.540. The molecule has 1 aromatic carbocycles. The summed E-state index contributed by atoms with van der Waals surface area (Å²) in [6.07, 6.45) is 4.12. The molecule has 1 heterocycles. The summed E-state index contributed by atoms with van der Waals surface area (Å²) in [6.45, 7) is 4.32. The molecule has 2 amide bonds. The van der Waals surface area contributed by atoms with Crippen LogP contribution in [0.5, 0.6) is 0 Å². The molecule has 0 saturated carbocycles. The number of hydrogen-bond acceptors (Lipinski definition) is 5. The fraction of sp³-hybridized carbons (Fsp3) is 0.417. The highest BCUT2D eigenvalue weighted by molar-refractivity contribution is 5.90. The van der Waals surface area contributed by atoms with Crippen LogP contribution in [0.3, 0.4) is 0 Å². The number of esters is 1. The number of methoxy groups -OCH3 is 1. The van der Waals surface area contributed by atoms with E-state index < -0.39 is 17.9 Å². The monoisotopic (exact) mass is 425 g/mol. The van der Waals surface area contributed by atoms with Gasteiger partial charge in [0.05, 0.1) is 13.5 Å². The Morgan fingerprint density at radius 3 is 2.32 bits per heavy atom. The van der Waals surface area contributed by atoms with Gasteiger partial charge in [-0.15, -0.1) is 0 Å². The Hall–Kier alpha value is -3.22. The molecule has 0 aliphatic carbocycles. The first-order valence-electron chi connectivity index (χ1n) is 10.5. The zero-order valence-corrected chi connectivity index (χ0v) is 18.3. The molecule has 166 valence electrons. The molecule has 31 heavy (non-hydrogen) atoms. The molecule has 7 heteroatoms. The molecule has 0 unspecified atom stereocenters. The molecule has 2 aromatic rings. The highest BCUT2D eigenvalue weighted by Gasteiger charge is 2.28. The molecule has 0 fully saturated rings. The largest absolute Gasteiger partial charge is 0.469 e. The predicted molar refractivity (Wildman–Crippen MR) is 118 cm³/mol. The summed E-state index contributed by atoms with van der Waals surface area (Å²) in [4.78, 5) is 41.8. The molecule has 0 radical (unpaired) electrons. The second-order valence-electron chi connectivity index (χ2n) is 7.94. The molecule has 0 saturated heterocycles. The third-order valence-corrected chi connectivity index (χ3v) is 4.87. The molecule has 7 nitrogen and oxygen atoms in total. The van der Waals surface area contributed by atoms with Crippen LogP contribution in [-0.2, 0) is 32.1 Å². The van der Waals surface area contributed by atoms with Crippen LogP contribution in [-0.4, -0.2) is 35.9 Å². The molecule has 2 atom stereocenters. The maximum Gasteiger partial charge on any atom is 0.306 e. The Morgan fingerprint density at radius 2 is 1.71 bits per heavy atom. The topological polar surface area (TPSA) is 97.4 Å². The number of nitrogens with one attached hydrogen (secondary N) is 2. The van der Waals surface area contributed by atoms with E-state index >= 15 is 0 Å². The second-order valence-corrected chi connectivity index (χ2v) is 7.94. The Kier molecular flexibility index (Phi) is 9.68. The first-order chi connectivity index (χ1) is 14.9. The van der Waals surface area contributed by atoms with E-state index in [2.05, 4.69) is 15.6 Å². The number of carbonyl (C=O) groups excluding carboxylic acids is 3. The molecule has 1 aromatic heterocycles. The van der Waals surface area contributed by atoms with Crippen LogP contribution in [0.1, 0.15) is 37.8 Å². The SMILES string of the molecule is COC(=O)C[C@@H](CC(C)C)C(=O)N[C@@H](Cc1cccnc1)C(=O)NCc1ccccc1. The first kappa shape index (κ1) is 24.1. The molecule has 0 spiro atoms. The van der Waals surface area contributed by atoms with Gasteiger partial charge in [-0.1, -0.05) is 50.2 Å². The predicted octanol–water partition coefficient (Wildman–Crippen LogP) is 2.65. The van der Waals surface area contributed by atoms with Crippen LogP contribution in [0.25, 0.3) is 0 Å². The van der Waals surface area contributed by atoms with Gasteiger partial charge in [0.25, 0.3) is 0 Å². The van der Waals surface area contributed by atoms with Crippen molar-refractivity contribution in [2.45, 2.75) is 45.7 Å². The number of nitrogens with zero attached hydrogens (tertiary/aromatic N) is 1. The van der Waals surface area contributed by atoms with Crippen LogP contribution in [0.2, 0.25) is 0 Å². The van der Waals surface area contributed by atoms with Crippen molar-refractivity contribution in [3.05, 3.63) is 66.0 Å². The van der Waals surface area contributed by atoms with Crippen LogP contribution in [0.4, 0.5) is 0 Å². The number of amides is 2. The van der Waals surface area contributed by atoms with Crippen molar-refractivity contribution < 1.29 is 19.1 Å². The average Bonchev–Trinajstić information content (AvgIpc) is 2.77. The Morgan fingerprint density at radius 1 is 1.00 bits per heavy atom. The standard InChI is InChI=1S/C24H31N3O4/c1-17(2)12-20(14-22(28)31-3)23(29)27-21(13-19-10-7-11-25-15-19)24(30)26-16-18-8-5-4-6-9-18/h4-11,15,17,20-21H,12-14,16H2,1-3H3,(H,26,30)(H,27,29)/t20-,21+/m1/s1. The number of hydrogen-bond donors (Lipinski definition) is 2.